The summed E-state index contributed by atoms with van der Waals surface area (Å²) >= 11 is 0. The van der Waals surface area contributed by atoms with Gasteiger partial charge in [-0.3, -0.25) is 14.3 Å². The first-order chi connectivity index (χ1) is 16.6. The molecule has 190 valence electrons. The molecule has 2 amide bonds. The van der Waals surface area contributed by atoms with Crippen molar-refractivity contribution in [2.24, 2.45) is 5.92 Å². The van der Waals surface area contributed by atoms with Gasteiger partial charge in [-0.05, 0) is 65.0 Å². The summed E-state index contributed by atoms with van der Waals surface area (Å²) in [4.78, 5) is 27.4. The third-order valence-corrected chi connectivity index (χ3v) is 9.27. The Balaban J connectivity index is 1.41. The van der Waals surface area contributed by atoms with E-state index in [1.807, 2.05) is 32.0 Å². The third kappa shape index (κ3) is 5.28. The summed E-state index contributed by atoms with van der Waals surface area (Å²) in [6.45, 7) is 9.41. The van der Waals surface area contributed by atoms with Gasteiger partial charge in [-0.1, -0.05) is 17.7 Å². The number of piperidine rings is 1. The van der Waals surface area contributed by atoms with Crippen LogP contribution in [0, 0.1) is 33.6 Å². The Hall–Kier alpha value is -2.72. The van der Waals surface area contributed by atoms with E-state index in [9.17, 15) is 18.0 Å². The van der Waals surface area contributed by atoms with Gasteiger partial charge < -0.3 is 10.2 Å². The van der Waals surface area contributed by atoms with Crippen molar-refractivity contribution in [1.29, 1.82) is 0 Å². The maximum Gasteiger partial charge on any atom is 0.246 e. The number of aryl methyl sites for hydroxylation is 3. The van der Waals surface area contributed by atoms with E-state index in [0.29, 0.717) is 24.2 Å². The summed E-state index contributed by atoms with van der Waals surface area (Å²) in [5.41, 5.74) is 3.80. The fraction of sp³-hybridized carbons (Fsp3) is 0.560. The van der Waals surface area contributed by atoms with Crippen molar-refractivity contribution in [1.82, 2.24) is 19.0 Å². The highest BCUT2D eigenvalue weighted by Gasteiger charge is 2.36. The molecule has 2 saturated heterocycles. The number of likely N-dealkylation sites (tertiary alicyclic amines) is 1. The van der Waals surface area contributed by atoms with Crippen molar-refractivity contribution in [3.8, 4) is 0 Å². The maximum absolute atomic E-state index is 13.5. The highest BCUT2D eigenvalue weighted by molar-refractivity contribution is 7.89. The van der Waals surface area contributed by atoms with Crippen LogP contribution in [-0.4, -0.2) is 65.4 Å². The van der Waals surface area contributed by atoms with Crippen molar-refractivity contribution < 1.29 is 18.0 Å². The van der Waals surface area contributed by atoms with Crippen LogP contribution < -0.4 is 5.32 Å². The van der Waals surface area contributed by atoms with Crippen LogP contribution in [-0.2, 0) is 26.2 Å². The second-order valence-electron chi connectivity index (χ2n) is 9.73. The molecule has 0 unspecified atom stereocenters. The highest BCUT2D eigenvalue weighted by atomic mass is 32.2. The van der Waals surface area contributed by atoms with Crippen LogP contribution in [0.25, 0.3) is 0 Å². The number of hydrogen-bond donors (Lipinski definition) is 1. The molecule has 3 heterocycles. The molecule has 0 aliphatic carbocycles. The van der Waals surface area contributed by atoms with E-state index in [0.717, 1.165) is 42.7 Å². The van der Waals surface area contributed by atoms with Gasteiger partial charge in [0.15, 0.2) is 0 Å². The van der Waals surface area contributed by atoms with Crippen LogP contribution in [0.3, 0.4) is 0 Å². The number of hydrogen-bond acceptors (Lipinski definition) is 5. The number of nitrogens with zero attached hydrogens (tertiary/aromatic N) is 4. The molecule has 0 bridgehead atoms. The van der Waals surface area contributed by atoms with Crippen molar-refractivity contribution in [3.63, 3.8) is 0 Å². The molecule has 1 N–H and O–H groups in total. The van der Waals surface area contributed by atoms with E-state index in [2.05, 4.69) is 10.4 Å². The number of benzene rings is 1. The fourth-order valence-corrected chi connectivity index (χ4v) is 6.92. The zero-order chi connectivity index (χ0) is 25.3. The van der Waals surface area contributed by atoms with Crippen molar-refractivity contribution in [2.75, 3.05) is 31.5 Å². The van der Waals surface area contributed by atoms with Crippen molar-refractivity contribution >= 4 is 27.5 Å². The lowest BCUT2D eigenvalue weighted by Gasteiger charge is -2.30. The van der Waals surface area contributed by atoms with Gasteiger partial charge in [0.05, 0.1) is 11.4 Å². The van der Waals surface area contributed by atoms with Crippen LogP contribution in [0.4, 0.5) is 5.69 Å². The van der Waals surface area contributed by atoms with Gasteiger partial charge in [-0.25, -0.2) is 8.42 Å². The summed E-state index contributed by atoms with van der Waals surface area (Å²) < 4.78 is 30.0. The first-order valence-corrected chi connectivity index (χ1v) is 13.7. The van der Waals surface area contributed by atoms with Gasteiger partial charge in [0.25, 0.3) is 0 Å². The van der Waals surface area contributed by atoms with Crippen LogP contribution >= 0.6 is 0 Å². The third-order valence-electron chi connectivity index (χ3n) is 7.12. The Morgan fingerprint density at radius 3 is 2.31 bits per heavy atom. The number of amides is 2. The van der Waals surface area contributed by atoms with Crippen molar-refractivity contribution in [2.45, 2.75) is 64.8 Å². The zero-order valence-electron chi connectivity index (χ0n) is 21.0. The Morgan fingerprint density at radius 1 is 1.03 bits per heavy atom. The predicted molar refractivity (Wildman–Crippen MR) is 134 cm³/mol. The number of rotatable bonds is 6. The number of nitrogens with one attached hydrogen (secondary N) is 1. The topological polar surface area (TPSA) is 105 Å². The number of aromatic nitrogens is 2. The molecule has 10 heteroatoms. The summed E-state index contributed by atoms with van der Waals surface area (Å²) in [6, 6.07) is 5.88. The standard InChI is InChI=1S/C25H35N5O4S/c1-17-7-8-22(18(2)15-17)26-25(32)21-9-13-29(14-10-21)35(33,34)24-19(3)27-30(20(24)4)16-23(31)28-11-5-6-12-28/h7-8,15,21H,5-6,9-14,16H2,1-4H3,(H,26,32). The minimum absolute atomic E-state index is 0.0345. The normalized spacial score (nSPS) is 17.7. The summed E-state index contributed by atoms with van der Waals surface area (Å²) in [5, 5.41) is 7.39. The van der Waals surface area contributed by atoms with Gasteiger partial charge >= 0.3 is 0 Å². The molecule has 1 aromatic heterocycles. The lowest BCUT2D eigenvalue weighted by atomic mass is 9.97. The molecular weight excluding hydrogens is 466 g/mol. The quantitative estimate of drug-likeness (QED) is 0.655. The van der Waals surface area contributed by atoms with Crippen molar-refractivity contribution in [3.05, 3.63) is 40.7 Å². The average Bonchev–Trinajstić information content (AvgIpc) is 3.44. The molecule has 0 spiro atoms. The van der Waals surface area contributed by atoms with Gasteiger partial charge in [0.2, 0.25) is 21.8 Å². The van der Waals surface area contributed by atoms with Gasteiger partial charge in [0, 0.05) is 37.8 Å². The zero-order valence-corrected chi connectivity index (χ0v) is 21.8. The van der Waals surface area contributed by atoms with E-state index in [4.69, 9.17) is 0 Å². The molecule has 9 nitrogen and oxygen atoms in total. The Bertz CT molecular complexity index is 1220. The Labute approximate surface area is 207 Å². The largest absolute Gasteiger partial charge is 0.341 e. The molecule has 2 aromatic rings. The Morgan fingerprint density at radius 2 is 1.69 bits per heavy atom. The molecule has 1 aromatic carbocycles. The number of anilines is 1. The van der Waals surface area contributed by atoms with E-state index in [1.54, 1.807) is 18.7 Å². The number of carbonyl (C=O) groups is 2. The molecule has 2 fully saturated rings. The van der Waals surface area contributed by atoms with Gasteiger partial charge in [-0.15, -0.1) is 0 Å². The van der Waals surface area contributed by atoms with E-state index >= 15 is 0 Å². The SMILES string of the molecule is Cc1ccc(NC(=O)C2CCN(S(=O)(=O)c3c(C)nn(CC(=O)N4CCCC4)c3C)CC2)c(C)c1. The highest BCUT2D eigenvalue weighted by Crippen LogP contribution is 2.29. The maximum atomic E-state index is 13.5. The minimum Gasteiger partial charge on any atom is -0.341 e. The minimum atomic E-state index is -3.78. The molecule has 35 heavy (non-hydrogen) atoms. The van der Waals surface area contributed by atoms with Gasteiger partial charge in [0.1, 0.15) is 11.4 Å². The van der Waals surface area contributed by atoms with Crippen LogP contribution in [0.5, 0.6) is 0 Å². The van der Waals surface area contributed by atoms with Crippen LogP contribution in [0.2, 0.25) is 0 Å². The summed E-state index contributed by atoms with van der Waals surface area (Å²) in [7, 11) is -3.78. The summed E-state index contributed by atoms with van der Waals surface area (Å²) in [6.07, 6.45) is 2.91. The van der Waals surface area contributed by atoms with E-state index < -0.39 is 10.0 Å². The second-order valence-corrected chi connectivity index (χ2v) is 11.6. The molecule has 0 radical (unpaired) electrons. The number of sulfonamides is 1. The molecule has 2 aliphatic heterocycles. The van der Waals surface area contributed by atoms with E-state index in [1.165, 1.54) is 8.99 Å². The summed E-state index contributed by atoms with van der Waals surface area (Å²) in [5.74, 6) is -0.354. The smallest absolute Gasteiger partial charge is 0.246 e. The molecule has 2 aliphatic rings. The lowest BCUT2D eigenvalue weighted by Crippen LogP contribution is -2.41. The van der Waals surface area contributed by atoms with Crippen LogP contribution in [0.1, 0.15) is 48.2 Å². The fourth-order valence-electron chi connectivity index (χ4n) is 5.08. The van der Waals surface area contributed by atoms with Crippen LogP contribution in [0.15, 0.2) is 23.1 Å². The monoisotopic (exact) mass is 501 g/mol. The molecular formula is C25H35N5O4S. The predicted octanol–water partition coefficient (Wildman–Crippen LogP) is 2.78. The van der Waals surface area contributed by atoms with Gasteiger partial charge in [-0.2, -0.15) is 9.40 Å². The lowest BCUT2D eigenvalue weighted by molar-refractivity contribution is -0.131. The van der Waals surface area contributed by atoms with E-state index in [-0.39, 0.29) is 42.3 Å². The Kier molecular flexibility index (Phi) is 7.32. The second kappa shape index (κ2) is 10.1. The average molecular weight is 502 g/mol. The molecule has 0 atom stereocenters. The molecule has 4 rings (SSSR count). The first-order valence-electron chi connectivity index (χ1n) is 12.3. The first kappa shape index (κ1) is 25.4. The molecule has 0 saturated carbocycles. The number of carbonyl (C=O) groups excluding carboxylic acids is 2.